The molecule has 4 nitrogen and oxygen atoms in total. The van der Waals surface area contributed by atoms with Gasteiger partial charge in [0, 0.05) is 18.7 Å². The molecule has 0 amide bonds. The summed E-state index contributed by atoms with van der Waals surface area (Å²) in [5.74, 6) is -0.606. The molecule has 0 aliphatic heterocycles. The van der Waals surface area contributed by atoms with Gasteiger partial charge in [0.05, 0.1) is 12.4 Å². The van der Waals surface area contributed by atoms with Crippen LogP contribution in [0.25, 0.3) is 0 Å². The van der Waals surface area contributed by atoms with E-state index in [1.807, 2.05) is 0 Å². The summed E-state index contributed by atoms with van der Waals surface area (Å²) in [6.45, 7) is 0.522. The number of rotatable bonds is 4. The summed E-state index contributed by atoms with van der Waals surface area (Å²) in [7, 11) is 0. The molecule has 0 atom stereocenters. The highest BCUT2D eigenvalue weighted by Gasteiger charge is 2.04. The van der Waals surface area contributed by atoms with Crippen LogP contribution in [0.5, 0.6) is 0 Å². The lowest BCUT2D eigenvalue weighted by molar-refractivity contribution is 0.608. The number of nitrogens with two attached hydrogens (primary N) is 1. The zero-order chi connectivity index (χ0) is 13.0. The first-order valence-electron chi connectivity index (χ1n) is 5.38. The fourth-order valence-electron chi connectivity index (χ4n) is 1.44. The standard InChI is InChI=1S/C12H12F2N4/c13-10-6-17-12(18-7-10)16-5-9-2-1-8(4-15)3-11(9)14/h1-3,6-7H,4-5,15H2,(H,16,17,18). The van der Waals surface area contributed by atoms with Crippen molar-refractivity contribution in [3.8, 4) is 0 Å². The van der Waals surface area contributed by atoms with E-state index in [9.17, 15) is 8.78 Å². The van der Waals surface area contributed by atoms with E-state index in [1.54, 1.807) is 12.1 Å². The van der Waals surface area contributed by atoms with E-state index in [-0.39, 0.29) is 18.3 Å². The van der Waals surface area contributed by atoms with Crippen molar-refractivity contribution in [3.63, 3.8) is 0 Å². The Hall–Kier alpha value is -2.08. The minimum atomic E-state index is -0.515. The van der Waals surface area contributed by atoms with E-state index in [2.05, 4.69) is 15.3 Å². The molecule has 0 saturated heterocycles. The summed E-state index contributed by atoms with van der Waals surface area (Å²) in [5, 5.41) is 2.81. The van der Waals surface area contributed by atoms with Crippen LogP contribution in [0, 0.1) is 11.6 Å². The summed E-state index contributed by atoms with van der Waals surface area (Å²) >= 11 is 0. The Morgan fingerprint density at radius 1 is 1.17 bits per heavy atom. The average Bonchev–Trinajstić information content (AvgIpc) is 2.39. The largest absolute Gasteiger partial charge is 0.350 e. The molecule has 1 heterocycles. The van der Waals surface area contributed by atoms with E-state index < -0.39 is 5.82 Å². The van der Waals surface area contributed by atoms with Crippen molar-refractivity contribution >= 4 is 5.95 Å². The predicted molar refractivity (Wildman–Crippen MR) is 63.6 cm³/mol. The highest BCUT2D eigenvalue weighted by Crippen LogP contribution is 2.11. The average molecular weight is 250 g/mol. The van der Waals surface area contributed by atoms with E-state index in [0.717, 1.165) is 18.0 Å². The summed E-state index contributed by atoms with van der Waals surface area (Å²) in [6, 6.07) is 4.79. The Labute approximate surface area is 103 Å². The quantitative estimate of drug-likeness (QED) is 0.868. The molecule has 3 N–H and O–H groups in total. The molecule has 1 aromatic carbocycles. The Morgan fingerprint density at radius 2 is 1.89 bits per heavy atom. The number of halogens is 2. The second kappa shape index (κ2) is 5.50. The van der Waals surface area contributed by atoms with Gasteiger partial charge in [-0.05, 0) is 11.6 Å². The van der Waals surface area contributed by atoms with Gasteiger partial charge in [-0.2, -0.15) is 0 Å². The minimum absolute atomic E-state index is 0.225. The van der Waals surface area contributed by atoms with Gasteiger partial charge in [-0.25, -0.2) is 18.7 Å². The summed E-state index contributed by atoms with van der Waals surface area (Å²) < 4.78 is 26.2. The lowest BCUT2D eigenvalue weighted by Gasteiger charge is -2.06. The second-order valence-corrected chi connectivity index (χ2v) is 3.71. The van der Waals surface area contributed by atoms with Gasteiger partial charge < -0.3 is 11.1 Å². The molecular weight excluding hydrogens is 238 g/mol. The first-order valence-corrected chi connectivity index (χ1v) is 5.38. The fourth-order valence-corrected chi connectivity index (χ4v) is 1.44. The lowest BCUT2D eigenvalue weighted by atomic mass is 10.1. The predicted octanol–water partition coefficient (Wildman–Crippen LogP) is 1.83. The molecule has 0 aliphatic rings. The Morgan fingerprint density at radius 3 is 2.50 bits per heavy atom. The van der Waals surface area contributed by atoms with Crippen molar-refractivity contribution in [2.45, 2.75) is 13.1 Å². The van der Waals surface area contributed by atoms with Gasteiger partial charge in [0.2, 0.25) is 5.95 Å². The molecule has 0 radical (unpaired) electrons. The Balaban J connectivity index is 2.04. The Kier molecular flexibility index (Phi) is 3.78. The maximum Gasteiger partial charge on any atom is 0.223 e. The molecule has 2 rings (SSSR count). The zero-order valence-corrected chi connectivity index (χ0v) is 9.53. The normalized spacial score (nSPS) is 10.4. The van der Waals surface area contributed by atoms with Gasteiger partial charge in [0.1, 0.15) is 5.82 Å². The maximum absolute atomic E-state index is 13.6. The third kappa shape index (κ3) is 2.98. The van der Waals surface area contributed by atoms with E-state index in [4.69, 9.17) is 5.73 Å². The summed E-state index contributed by atoms with van der Waals surface area (Å²) in [4.78, 5) is 7.43. The SMILES string of the molecule is NCc1ccc(CNc2ncc(F)cn2)c(F)c1. The van der Waals surface area contributed by atoms with Crippen LogP contribution in [0.4, 0.5) is 14.7 Å². The molecule has 94 valence electrons. The number of hydrogen-bond donors (Lipinski definition) is 2. The fraction of sp³-hybridized carbons (Fsp3) is 0.167. The maximum atomic E-state index is 13.6. The number of aromatic nitrogens is 2. The molecule has 6 heteroatoms. The van der Waals surface area contributed by atoms with Crippen molar-refractivity contribution in [1.29, 1.82) is 0 Å². The molecule has 0 bridgehead atoms. The first-order chi connectivity index (χ1) is 8.69. The third-order valence-electron chi connectivity index (χ3n) is 2.41. The van der Waals surface area contributed by atoms with Gasteiger partial charge in [-0.1, -0.05) is 12.1 Å². The van der Waals surface area contributed by atoms with Crippen LogP contribution < -0.4 is 11.1 Å². The third-order valence-corrected chi connectivity index (χ3v) is 2.41. The smallest absolute Gasteiger partial charge is 0.223 e. The van der Waals surface area contributed by atoms with Crippen LogP contribution in [-0.2, 0) is 13.1 Å². The van der Waals surface area contributed by atoms with E-state index in [0.29, 0.717) is 12.1 Å². The molecule has 0 spiro atoms. The van der Waals surface area contributed by atoms with Crippen molar-refractivity contribution in [3.05, 3.63) is 53.4 Å². The highest BCUT2D eigenvalue weighted by atomic mass is 19.1. The molecule has 0 saturated carbocycles. The molecule has 1 aromatic heterocycles. The van der Waals surface area contributed by atoms with Crippen LogP contribution >= 0.6 is 0 Å². The minimum Gasteiger partial charge on any atom is -0.350 e. The monoisotopic (exact) mass is 250 g/mol. The molecule has 0 aliphatic carbocycles. The van der Waals surface area contributed by atoms with Crippen molar-refractivity contribution in [2.75, 3.05) is 5.32 Å². The lowest BCUT2D eigenvalue weighted by Crippen LogP contribution is -2.06. The number of nitrogens with one attached hydrogen (secondary N) is 1. The van der Waals surface area contributed by atoms with Crippen LogP contribution in [0.15, 0.2) is 30.6 Å². The topological polar surface area (TPSA) is 63.8 Å². The summed E-state index contributed by atoms with van der Waals surface area (Å²) in [5.41, 5.74) is 6.61. The molecular formula is C12H12F2N4. The van der Waals surface area contributed by atoms with E-state index >= 15 is 0 Å². The van der Waals surface area contributed by atoms with Gasteiger partial charge in [0.15, 0.2) is 5.82 Å². The number of hydrogen-bond acceptors (Lipinski definition) is 4. The molecule has 18 heavy (non-hydrogen) atoms. The number of anilines is 1. The van der Waals surface area contributed by atoms with Gasteiger partial charge in [0.25, 0.3) is 0 Å². The highest BCUT2D eigenvalue weighted by molar-refractivity contribution is 5.29. The van der Waals surface area contributed by atoms with Crippen molar-refractivity contribution in [1.82, 2.24) is 9.97 Å². The van der Waals surface area contributed by atoms with E-state index in [1.165, 1.54) is 6.07 Å². The van der Waals surface area contributed by atoms with Crippen LogP contribution in [-0.4, -0.2) is 9.97 Å². The van der Waals surface area contributed by atoms with Gasteiger partial charge >= 0.3 is 0 Å². The van der Waals surface area contributed by atoms with Crippen LogP contribution in [0.3, 0.4) is 0 Å². The van der Waals surface area contributed by atoms with Gasteiger partial charge in [-0.15, -0.1) is 0 Å². The van der Waals surface area contributed by atoms with Crippen molar-refractivity contribution < 1.29 is 8.78 Å². The molecule has 2 aromatic rings. The Bertz CT molecular complexity index is 528. The first kappa shape index (κ1) is 12.4. The number of benzene rings is 1. The molecule has 0 fully saturated rings. The summed E-state index contributed by atoms with van der Waals surface area (Å²) in [6.07, 6.45) is 2.09. The van der Waals surface area contributed by atoms with Gasteiger partial charge in [-0.3, -0.25) is 0 Å². The molecule has 0 unspecified atom stereocenters. The van der Waals surface area contributed by atoms with Crippen LogP contribution in [0.2, 0.25) is 0 Å². The zero-order valence-electron chi connectivity index (χ0n) is 9.53. The number of nitrogens with zero attached hydrogens (tertiary/aromatic N) is 2. The van der Waals surface area contributed by atoms with Crippen molar-refractivity contribution in [2.24, 2.45) is 5.73 Å². The van der Waals surface area contributed by atoms with Crippen LogP contribution in [0.1, 0.15) is 11.1 Å². The second-order valence-electron chi connectivity index (χ2n) is 3.71.